The largest absolute Gasteiger partial charge is 0.497 e. The molecule has 0 aliphatic carbocycles. The Kier molecular flexibility index (Phi) is 6.85. The molecule has 2 aromatic carbocycles. The van der Waals surface area contributed by atoms with E-state index in [1.165, 1.54) is 16.7 Å². The van der Waals surface area contributed by atoms with Crippen molar-refractivity contribution in [2.24, 2.45) is 0 Å². The van der Waals surface area contributed by atoms with Crippen LogP contribution in [0.1, 0.15) is 12.5 Å². The summed E-state index contributed by atoms with van der Waals surface area (Å²) in [7, 11) is 1.58. The summed E-state index contributed by atoms with van der Waals surface area (Å²) in [6.07, 6.45) is 3.79. The predicted molar refractivity (Wildman–Crippen MR) is 122 cm³/mol. The van der Waals surface area contributed by atoms with E-state index < -0.39 is 0 Å². The van der Waals surface area contributed by atoms with Crippen molar-refractivity contribution in [1.29, 1.82) is 0 Å². The zero-order valence-electron chi connectivity index (χ0n) is 16.0. The molecule has 1 aliphatic rings. The fourth-order valence-electron chi connectivity index (χ4n) is 2.72. The Bertz CT molecular complexity index is 983. The number of anilines is 1. The lowest BCUT2D eigenvalue weighted by atomic mass is 10.1. The van der Waals surface area contributed by atoms with E-state index in [-0.39, 0.29) is 18.4 Å². The van der Waals surface area contributed by atoms with Crippen molar-refractivity contribution < 1.29 is 14.3 Å². The molecule has 0 saturated carbocycles. The van der Waals surface area contributed by atoms with Gasteiger partial charge in [-0.25, -0.2) is 0 Å². The quantitative estimate of drug-likeness (QED) is 0.547. The highest BCUT2D eigenvalue weighted by Gasteiger charge is 2.33. The second kappa shape index (κ2) is 9.54. The van der Waals surface area contributed by atoms with E-state index >= 15 is 0 Å². The minimum Gasteiger partial charge on any atom is -0.497 e. The van der Waals surface area contributed by atoms with Gasteiger partial charge in [-0.05, 0) is 48.4 Å². The van der Waals surface area contributed by atoms with E-state index in [1.807, 2.05) is 43.3 Å². The number of thioether (sulfide) groups is 1. The minimum atomic E-state index is -0.315. The summed E-state index contributed by atoms with van der Waals surface area (Å²) >= 11 is 6.51. The van der Waals surface area contributed by atoms with Crippen molar-refractivity contribution in [3.05, 3.63) is 76.7 Å². The Balaban J connectivity index is 1.65. The SMILES string of the molecule is COc1ccc(NC(=O)CN2C(=O)C(=CC(C)=Cc3ccccc3)SC2=S)cc1. The lowest BCUT2D eigenvalue weighted by Crippen LogP contribution is -2.36. The molecule has 5 nitrogen and oxygen atoms in total. The molecule has 1 N–H and O–H groups in total. The van der Waals surface area contributed by atoms with Crippen LogP contribution >= 0.6 is 24.0 Å². The molecule has 2 amide bonds. The average Bonchev–Trinajstić information content (AvgIpc) is 2.96. The van der Waals surface area contributed by atoms with Crippen LogP contribution in [0.25, 0.3) is 6.08 Å². The van der Waals surface area contributed by atoms with Gasteiger partial charge >= 0.3 is 0 Å². The summed E-state index contributed by atoms with van der Waals surface area (Å²) in [5.41, 5.74) is 2.61. The molecule has 148 valence electrons. The highest BCUT2D eigenvalue weighted by molar-refractivity contribution is 8.26. The van der Waals surface area contributed by atoms with Crippen LogP contribution in [-0.4, -0.2) is 34.7 Å². The maximum atomic E-state index is 12.7. The van der Waals surface area contributed by atoms with E-state index in [0.29, 0.717) is 20.7 Å². The Labute approximate surface area is 179 Å². The van der Waals surface area contributed by atoms with Gasteiger partial charge in [0, 0.05) is 5.69 Å². The first-order chi connectivity index (χ1) is 14.0. The van der Waals surface area contributed by atoms with Gasteiger partial charge in [-0.3, -0.25) is 14.5 Å². The normalized spacial score (nSPS) is 15.7. The lowest BCUT2D eigenvalue weighted by molar-refractivity contribution is -0.126. The molecule has 0 spiro atoms. The molecule has 0 aromatic heterocycles. The van der Waals surface area contributed by atoms with Crippen LogP contribution in [0.2, 0.25) is 0 Å². The highest BCUT2D eigenvalue weighted by atomic mass is 32.2. The third-order valence-corrected chi connectivity index (χ3v) is 5.48. The van der Waals surface area contributed by atoms with Gasteiger partial charge in [-0.1, -0.05) is 60.4 Å². The zero-order valence-corrected chi connectivity index (χ0v) is 17.7. The standard InChI is InChI=1S/C22H20N2O3S2/c1-15(12-16-6-4-3-5-7-16)13-19-21(26)24(22(28)29-19)14-20(25)23-17-8-10-18(27-2)11-9-17/h3-13H,14H2,1-2H3,(H,23,25). The number of carbonyl (C=O) groups is 2. The fourth-order valence-corrected chi connectivity index (χ4v) is 4.02. The molecule has 1 saturated heterocycles. The number of amides is 2. The molecular formula is C22H20N2O3S2. The van der Waals surface area contributed by atoms with Gasteiger partial charge in [0.25, 0.3) is 5.91 Å². The van der Waals surface area contributed by atoms with Crippen molar-refractivity contribution >= 4 is 51.9 Å². The first-order valence-electron chi connectivity index (χ1n) is 8.89. The molecule has 2 aromatic rings. The number of methoxy groups -OCH3 is 1. The third kappa shape index (κ3) is 5.56. The molecule has 1 heterocycles. The Hall–Kier alpha value is -2.90. The predicted octanol–water partition coefficient (Wildman–Crippen LogP) is 4.48. The van der Waals surface area contributed by atoms with Crippen LogP contribution in [0.5, 0.6) is 5.75 Å². The number of thiocarbonyl (C=S) groups is 1. The van der Waals surface area contributed by atoms with E-state index in [4.69, 9.17) is 17.0 Å². The van der Waals surface area contributed by atoms with E-state index in [0.717, 1.165) is 11.1 Å². The second-order valence-electron chi connectivity index (χ2n) is 6.34. The monoisotopic (exact) mass is 424 g/mol. The summed E-state index contributed by atoms with van der Waals surface area (Å²) in [5.74, 6) is 0.124. The topological polar surface area (TPSA) is 58.6 Å². The summed E-state index contributed by atoms with van der Waals surface area (Å²) in [6.45, 7) is 1.80. The molecule has 0 bridgehead atoms. The summed E-state index contributed by atoms with van der Waals surface area (Å²) in [5, 5.41) is 2.76. The smallest absolute Gasteiger partial charge is 0.266 e. The van der Waals surface area contributed by atoms with Crippen molar-refractivity contribution in [2.75, 3.05) is 19.0 Å². The van der Waals surface area contributed by atoms with Gasteiger partial charge in [0.15, 0.2) is 0 Å². The van der Waals surface area contributed by atoms with Crippen molar-refractivity contribution in [3.8, 4) is 5.75 Å². The Morgan fingerprint density at radius 2 is 1.86 bits per heavy atom. The van der Waals surface area contributed by atoms with Crippen LogP contribution < -0.4 is 10.1 Å². The van der Waals surface area contributed by atoms with Gasteiger partial charge in [0.1, 0.15) is 16.6 Å². The number of benzene rings is 2. The van der Waals surface area contributed by atoms with Crippen molar-refractivity contribution in [2.45, 2.75) is 6.92 Å². The number of hydrogen-bond acceptors (Lipinski definition) is 5. The average molecular weight is 425 g/mol. The highest BCUT2D eigenvalue weighted by Crippen LogP contribution is 2.32. The molecule has 3 rings (SSSR count). The van der Waals surface area contributed by atoms with E-state index in [1.54, 1.807) is 37.5 Å². The number of nitrogens with one attached hydrogen (secondary N) is 1. The van der Waals surface area contributed by atoms with Crippen molar-refractivity contribution in [1.82, 2.24) is 4.90 Å². The maximum absolute atomic E-state index is 12.7. The fraction of sp³-hybridized carbons (Fsp3) is 0.136. The van der Waals surface area contributed by atoms with Crippen LogP contribution in [0.3, 0.4) is 0 Å². The number of rotatable bonds is 6. The molecule has 0 unspecified atom stereocenters. The molecule has 29 heavy (non-hydrogen) atoms. The molecule has 7 heteroatoms. The number of hydrogen-bond donors (Lipinski definition) is 1. The Morgan fingerprint density at radius 1 is 1.17 bits per heavy atom. The molecular weight excluding hydrogens is 404 g/mol. The number of allylic oxidation sites excluding steroid dienone is 2. The third-order valence-electron chi connectivity index (χ3n) is 4.10. The first-order valence-corrected chi connectivity index (χ1v) is 10.1. The first kappa shape index (κ1) is 20.8. The number of nitrogens with zero attached hydrogens (tertiary/aromatic N) is 1. The summed E-state index contributed by atoms with van der Waals surface area (Å²) in [4.78, 5) is 26.9. The summed E-state index contributed by atoms with van der Waals surface area (Å²) < 4.78 is 5.47. The number of carbonyl (C=O) groups excluding carboxylic acids is 2. The lowest BCUT2D eigenvalue weighted by Gasteiger charge is -2.14. The molecule has 1 fully saturated rings. The van der Waals surface area contributed by atoms with Crippen molar-refractivity contribution in [3.63, 3.8) is 0 Å². The van der Waals surface area contributed by atoms with Crippen LogP contribution in [-0.2, 0) is 9.59 Å². The second-order valence-corrected chi connectivity index (χ2v) is 8.02. The summed E-state index contributed by atoms with van der Waals surface area (Å²) in [6, 6.07) is 16.8. The van der Waals surface area contributed by atoms with Gasteiger partial charge < -0.3 is 10.1 Å². The van der Waals surface area contributed by atoms with Gasteiger partial charge in [0.2, 0.25) is 5.91 Å². The molecule has 0 atom stereocenters. The van der Waals surface area contributed by atoms with Gasteiger partial charge in [-0.2, -0.15) is 0 Å². The molecule has 0 radical (unpaired) electrons. The zero-order chi connectivity index (χ0) is 20.8. The van der Waals surface area contributed by atoms with Crippen LogP contribution in [0.15, 0.2) is 71.2 Å². The van der Waals surface area contributed by atoms with Crippen LogP contribution in [0, 0.1) is 0 Å². The Morgan fingerprint density at radius 3 is 2.52 bits per heavy atom. The molecule has 1 aliphatic heterocycles. The van der Waals surface area contributed by atoms with Crippen LogP contribution in [0.4, 0.5) is 5.69 Å². The van der Waals surface area contributed by atoms with Gasteiger partial charge in [-0.15, -0.1) is 0 Å². The number of ether oxygens (including phenoxy) is 1. The minimum absolute atomic E-state index is 0.129. The van der Waals surface area contributed by atoms with E-state index in [9.17, 15) is 9.59 Å². The van der Waals surface area contributed by atoms with Gasteiger partial charge in [0.05, 0.1) is 12.0 Å². The van der Waals surface area contributed by atoms with E-state index in [2.05, 4.69) is 5.32 Å². The maximum Gasteiger partial charge on any atom is 0.266 e.